The molecule has 0 saturated heterocycles. The van der Waals surface area contributed by atoms with Crippen LogP contribution in [0, 0.1) is 6.92 Å². The third kappa shape index (κ3) is 2.69. The molecule has 0 amide bonds. The van der Waals surface area contributed by atoms with Crippen LogP contribution in [0.15, 0.2) is 6.20 Å². The zero-order valence-electron chi connectivity index (χ0n) is 11.0. The summed E-state index contributed by atoms with van der Waals surface area (Å²) in [6.07, 6.45) is 4.41. The number of hydrogen-bond donors (Lipinski definition) is 2. The fourth-order valence-electron chi connectivity index (χ4n) is 2.37. The van der Waals surface area contributed by atoms with E-state index in [-0.39, 0.29) is 0 Å². The smallest absolute Gasteiger partial charge is 0.312 e. The number of carbonyl (C=O) groups is 1. The van der Waals surface area contributed by atoms with Gasteiger partial charge in [0.1, 0.15) is 10.9 Å². The summed E-state index contributed by atoms with van der Waals surface area (Å²) in [7, 11) is 0. The van der Waals surface area contributed by atoms with Gasteiger partial charge in [0.2, 0.25) is 0 Å². The number of aryl methyl sites for hydroxylation is 2. The Morgan fingerprint density at radius 2 is 2.40 bits per heavy atom. The Balaban J connectivity index is 1.74. The van der Waals surface area contributed by atoms with Crippen LogP contribution in [-0.4, -0.2) is 21.0 Å². The van der Waals surface area contributed by atoms with Crippen LogP contribution in [0.4, 0.5) is 5.13 Å². The lowest BCUT2D eigenvalue weighted by molar-refractivity contribution is -0.139. The molecule has 7 heteroatoms. The maximum Gasteiger partial charge on any atom is 0.312 e. The number of nitrogens with zero attached hydrogens (tertiary/aromatic N) is 2. The standard InChI is InChI=1S/C13H15N3O2S2/c1-7-5-14-10(19-7)6-15-13-16-11-8(12(17)18)3-2-4-9(11)20-13/h5,8H,2-4,6H2,1H3,(H,15,16)(H,17,18). The third-order valence-electron chi connectivity index (χ3n) is 3.31. The molecule has 0 fully saturated rings. The molecule has 0 saturated carbocycles. The number of aliphatic carboxylic acids is 1. The van der Waals surface area contributed by atoms with Crippen molar-refractivity contribution in [3.8, 4) is 0 Å². The zero-order valence-corrected chi connectivity index (χ0v) is 12.7. The highest BCUT2D eigenvalue weighted by molar-refractivity contribution is 7.15. The monoisotopic (exact) mass is 309 g/mol. The SMILES string of the molecule is Cc1cnc(CNc2nc3c(s2)CCCC3C(=O)O)s1. The average molecular weight is 309 g/mol. The molecule has 20 heavy (non-hydrogen) atoms. The molecule has 1 aliphatic carbocycles. The Kier molecular flexibility index (Phi) is 3.71. The second kappa shape index (κ2) is 5.49. The first-order chi connectivity index (χ1) is 9.63. The van der Waals surface area contributed by atoms with E-state index in [2.05, 4.69) is 15.3 Å². The summed E-state index contributed by atoms with van der Waals surface area (Å²) in [6, 6.07) is 0. The van der Waals surface area contributed by atoms with E-state index in [1.165, 1.54) is 4.88 Å². The van der Waals surface area contributed by atoms with Gasteiger partial charge in [0.25, 0.3) is 0 Å². The second-order valence-corrected chi connectivity index (χ2v) is 7.23. The van der Waals surface area contributed by atoms with E-state index in [0.29, 0.717) is 13.0 Å². The Hall–Kier alpha value is -1.47. The number of fused-ring (bicyclic) bond motifs is 1. The van der Waals surface area contributed by atoms with Gasteiger partial charge in [-0.25, -0.2) is 9.97 Å². The van der Waals surface area contributed by atoms with Gasteiger partial charge in [-0.05, 0) is 26.2 Å². The molecule has 5 nitrogen and oxygen atoms in total. The third-order valence-corrected chi connectivity index (χ3v) is 5.31. The lowest BCUT2D eigenvalue weighted by Crippen LogP contribution is -2.17. The van der Waals surface area contributed by atoms with Crippen LogP contribution in [0.2, 0.25) is 0 Å². The number of carboxylic acid groups (broad SMARTS) is 1. The van der Waals surface area contributed by atoms with Crippen molar-refractivity contribution < 1.29 is 9.90 Å². The van der Waals surface area contributed by atoms with Crippen LogP contribution < -0.4 is 5.32 Å². The number of hydrogen-bond acceptors (Lipinski definition) is 6. The van der Waals surface area contributed by atoms with Crippen molar-refractivity contribution in [1.29, 1.82) is 0 Å². The number of rotatable bonds is 4. The van der Waals surface area contributed by atoms with Gasteiger partial charge in [0.15, 0.2) is 5.13 Å². The Morgan fingerprint density at radius 3 is 3.10 bits per heavy atom. The molecule has 2 N–H and O–H groups in total. The Morgan fingerprint density at radius 1 is 1.55 bits per heavy atom. The van der Waals surface area contributed by atoms with Gasteiger partial charge < -0.3 is 10.4 Å². The minimum Gasteiger partial charge on any atom is -0.481 e. The van der Waals surface area contributed by atoms with Gasteiger partial charge in [-0.15, -0.1) is 22.7 Å². The highest BCUT2D eigenvalue weighted by atomic mass is 32.1. The van der Waals surface area contributed by atoms with Crippen LogP contribution in [0.1, 0.15) is 39.2 Å². The first-order valence-electron chi connectivity index (χ1n) is 6.51. The largest absolute Gasteiger partial charge is 0.481 e. The Bertz CT molecular complexity index is 635. The summed E-state index contributed by atoms with van der Waals surface area (Å²) >= 11 is 3.23. The molecule has 0 bridgehead atoms. The normalized spacial score (nSPS) is 17.8. The van der Waals surface area contributed by atoms with E-state index >= 15 is 0 Å². The quantitative estimate of drug-likeness (QED) is 0.908. The predicted octanol–water partition coefficient (Wildman–Crippen LogP) is 3.02. The van der Waals surface area contributed by atoms with Crippen LogP contribution in [0.25, 0.3) is 0 Å². The van der Waals surface area contributed by atoms with Crippen molar-refractivity contribution in [2.75, 3.05) is 5.32 Å². The first kappa shape index (κ1) is 13.5. The number of anilines is 1. The van der Waals surface area contributed by atoms with Crippen molar-refractivity contribution in [2.45, 2.75) is 38.6 Å². The number of thiazole rings is 2. The van der Waals surface area contributed by atoms with Gasteiger partial charge in [-0.1, -0.05) is 0 Å². The van der Waals surface area contributed by atoms with E-state index in [9.17, 15) is 9.90 Å². The lowest BCUT2D eigenvalue weighted by Gasteiger charge is -2.16. The van der Waals surface area contributed by atoms with Crippen LogP contribution in [0.3, 0.4) is 0 Å². The van der Waals surface area contributed by atoms with Gasteiger partial charge in [-0.2, -0.15) is 0 Å². The van der Waals surface area contributed by atoms with E-state index in [0.717, 1.165) is 33.6 Å². The molecule has 3 rings (SSSR count). The topological polar surface area (TPSA) is 75.1 Å². The molecule has 1 aliphatic rings. The molecule has 1 atom stereocenters. The second-order valence-electron chi connectivity index (χ2n) is 4.83. The van der Waals surface area contributed by atoms with Gasteiger partial charge in [-0.3, -0.25) is 4.79 Å². The minimum absolute atomic E-state index is 0.437. The molecule has 106 valence electrons. The molecule has 0 aliphatic heterocycles. The molecule has 2 aromatic heterocycles. The molecule has 2 heterocycles. The fourth-order valence-corrected chi connectivity index (χ4v) is 4.16. The minimum atomic E-state index is -0.765. The van der Waals surface area contributed by atoms with Gasteiger partial charge in [0.05, 0.1) is 12.2 Å². The number of nitrogens with one attached hydrogen (secondary N) is 1. The van der Waals surface area contributed by atoms with Crippen molar-refractivity contribution in [2.24, 2.45) is 0 Å². The van der Waals surface area contributed by atoms with E-state index in [1.54, 1.807) is 22.7 Å². The summed E-state index contributed by atoms with van der Waals surface area (Å²) in [5.74, 6) is -1.20. The molecular weight excluding hydrogens is 294 g/mol. The highest BCUT2D eigenvalue weighted by Crippen LogP contribution is 2.36. The summed E-state index contributed by atoms with van der Waals surface area (Å²) in [5.41, 5.74) is 0.756. The molecule has 0 radical (unpaired) electrons. The zero-order chi connectivity index (χ0) is 14.1. The van der Waals surface area contributed by atoms with Crippen LogP contribution in [0.5, 0.6) is 0 Å². The summed E-state index contributed by atoms with van der Waals surface area (Å²) in [4.78, 5) is 22.3. The van der Waals surface area contributed by atoms with E-state index in [4.69, 9.17) is 0 Å². The molecule has 2 aromatic rings. The van der Waals surface area contributed by atoms with Gasteiger partial charge >= 0.3 is 5.97 Å². The maximum absolute atomic E-state index is 11.2. The lowest BCUT2D eigenvalue weighted by atomic mass is 9.91. The summed E-state index contributed by atoms with van der Waals surface area (Å²) in [5, 5.41) is 14.3. The molecule has 0 spiro atoms. The maximum atomic E-state index is 11.2. The van der Waals surface area contributed by atoms with E-state index < -0.39 is 11.9 Å². The fraction of sp³-hybridized carbons (Fsp3) is 0.462. The van der Waals surface area contributed by atoms with Crippen molar-refractivity contribution in [3.05, 3.63) is 26.7 Å². The first-order valence-corrected chi connectivity index (χ1v) is 8.14. The number of aromatic nitrogens is 2. The predicted molar refractivity (Wildman–Crippen MR) is 79.6 cm³/mol. The molecule has 1 unspecified atom stereocenters. The van der Waals surface area contributed by atoms with Gasteiger partial charge in [0, 0.05) is 16.0 Å². The van der Waals surface area contributed by atoms with Crippen LogP contribution >= 0.6 is 22.7 Å². The Labute approximate surface area is 124 Å². The number of carboxylic acids is 1. The van der Waals surface area contributed by atoms with Crippen molar-refractivity contribution in [1.82, 2.24) is 9.97 Å². The highest BCUT2D eigenvalue weighted by Gasteiger charge is 2.29. The summed E-state index contributed by atoms with van der Waals surface area (Å²) < 4.78 is 0. The van der Waals surface area contributed by atoms with Crippen molar-refractivity contribution in [3.63, 3.8) is 0 Å². The van der Waals surface area contributed by atoms with Crippen LogP contribution in [-0.2, 0) is 17.8 Å². The molecular formula is C13H15N3O2S2. The van der Waals surface area contributed by atoms with E-state index in [1.807, 2.05) is 13.1 Å². The summed E-state index contributed by atoms with van der Waals surface area (Å²) in [6.45, 7) is 2.67. The van der Waals surface area contributed by atoms with Crippen molar-refractivity contribution >= 4 is 33.8 Å². The average Bonchev–Trinajstić information content (AvgIpc) is 3.01. The molecule has 0 aromatic carbocycles.